The molecule has 11 nitrogen and oxygen atoms in total. The van der Waals surface area contributed by atoms with E-state index in [1.807, 2.05) is 0 Å². The molecule has 1 aliphatic rings. The van der Waals surface area contributed by atoms with Crippen molar-refractivity contribution in [3.8, 4) is 0 Å². The lowest BCUT2D eigenvalue weighted by Gasteiger charge is -2.35. The first-order valence-electron chi connectivity index (χ1n) is 7.76. The van der Waals surface area contributed by atoms with Crippen LogP contribution < -0.4 is 15.5 Å². The molecule has 0 bridgehead atoms. The van der Waals surface area contributed by atoms with Crippen LogP contribution in [0.4, 0.5) is 10.6 Å². The van der Waals surface area contributed by atoms with Crippen LogP contribution in [0.5, 0.6) is 0 Å². The Morgan fingerprint density at radius 1 is 1.24 bits per heavy atom. The van der Waals surface area contributed by atoms with Crippen molar-refractivity contribution in [3.05, 3.63) is 30.3 Å². The Morgan fingerprint density at radius 2 is 2.04 bits per heavy atom. The number of urea groups is 1. The summed E-state index contributed by atoms with van der Waals surface area (Å²) >= 11 is 0. The van der Waals surface area contributed by atoms with E-state index in [1.54, 1.807) is 23.5 Å². The molecule has 1 saturated heterocycles. The predicted molar refractivity (Wildman–Crippen MR) is 85.7 cm³/mol. The van der Waals surface area contributed by atoms with Crippen molar-refractivity contribution in [2.75, 3.05) is 38.1 Å². The standard InChI is InChI=1S/C14H18N8O3/c1-15-13(23)12-19-11(25-20-12)9-18-14(24)22-6-4-21(5-7-22)10-8-16-2-3-17-10/h2-3,8H,4-7,9H2,1H3,(H,15,23)(H,18,24). The highest BCUT2D eigenvalue weighted by molar-refractivity contribution is 5.89. The summed E-state index contributed by atoms with van der Waals surface area (Å²) in [5.74, 6) is 0.464. The van der Waals surface area contributed by atoms with E-state index >= 15 is 0 Å². The second-order valence-electron chi connectivity index (χ2n) is 5.29. The van der Waals surface area contributed by atoms with Crippen molar-refractivity contribution in [3.63, 3.8) is 0 Å². The van der Waals surface area contributed by atoms with Crippen LogP contribution in [0.1, 0.15) is 16.5 Å². The number of anilines is 1. The first kappa shape index (κ1) is 16.6. The second kappa shape index (κ2) is 7.55. The quantitative estimate of drug-likeness (QED) is 0.740. The summed E-state index contributed by atoms with van der Waals surface area (Å²) in [5.41, 5.74) is 0. The van der Waals surface area contributed by atoms with Gasteiger partial charge in [0.1, 0.15) is 5.82 Å². The Balaban J connectivity index is 1.47. The van der Waals surface area contributed by atoms with E-state index in [-0.39, 0.29) is 24.3 Å². The Morgan fingerprint density at radius 3 is 2.72 bits per heavy atom. The van der Waals surface area contributed by atoms with Gasteiger partial charge in [0.25, 0.3) is 11.7 Å². The van der Waals surface area contributed by atoms with Crippen LogP contribution in [-0.2, 0) is 6.54 Å². The molecule has 0 radical (unpaired) electrons. The molecule has 0 unspecified atom stereocenters. The summed E-state index contributed by atoms with van der Waals surface area (Å²) in [6, 6.07) is -0.224. The number of hydrogen-bond acceptors (Lipinski definition) is 8. The first-order chi connectivity index (χ1) is 12.2. The van der Waals surface area contributed by atoms with Crippen LogP contribution in [0.3, 0.4) is 0 Å². The predicted octanol–water partition coefficient (Wildman–Crippen LogP) is -0.749. The molecule has 0 spiro atoms. The number of piperazine rings is 1. The molecule has 2 N–H and O–H groups in total. The maximum atomic E-state index is 12.2. The molecule has 132 valence electrons. The maximum absolute atomic E-state index is 12.2. The number of hydrogen-bond donors (Lipinski definition) is 2. The van der Waals surface area contributed by atoms with Gasteiger partial charge in [0.05, 0.1) is 12.7 Å². The minimum Gasteiger partial charge on any atom is -0.352 e. The summed E-state index contributed by atoms with van der Waals surface area (Å²) in [4.78, 5) is 39.5. The van der Waals surface area contributed by atoms with Gasteiger partial charge in [0.15, 0.2) is 0 Å². The van der Waals surface area contributed by atoms with Gasteiger partial charge >= 0.3 is 6.03 Å². The molecule has 3 heterocycles. The van der Waals surface area contributed by atoms with E-state index in [2.05, 4.69) is 35.6 Å². The van der Waals surface area contributed by atoms with E-state index in [1.165, 1.54) is 7.05 Å². The molecule has 2 aromatic heterocycles. The second-order valence-corrected chi connectivity index (χ2v) is 5.29. The van der Waals surface area contributed by atoms with Gasteiger partial charge in [-0.2, -0.15) is 4.98 Å². The molecular weight excluding hydrogens is 328 g/mol. The molecule has 11 heteroatoms. The summed E-state index contributed by atoms with van der Waals surface area (Å²) in [7, 11) is 1.47. The van der Waals surface area contributed by atoms with Gasteiger partial charge in [-0.15, -0.1) is 0 Å². The van der Waals surface area contributed by atoms with Gasteiger partial charge in [0.2, 0.25) is 5.89 Å². The molecule has 3 rings (SSSR count). The van der Waals surface area contributed by atoms with E-state index in [9.17, 15) is 9.59 Å². The van der Waals surface area contributed by atoms with Gasteiger partial charge in [-0.05, 0) is 0 Å². The van der Waals surface area contributed by atoms with Gasteiger partial charge in [0, 0.05) is 45.6 Å². The number of aromatic nitrogens is 4. The first-order valence-corrected chi connectivity index (χ1v) is 7.76. The summed E-state index contributed by atoms with van der Waals surface area (Å²) < 4.78 is 4.92. The Hall–Kier alpha value is -3.24. The molecule has 0 atom stereocenters. The lowest BCUT2D eigenvalue weighted by molar-refractivity contribution is 0.0950. The van der Waals surface area contributed by atoms with Crippen molar-refractivity contribution in [1.82, 2.24) is 35.6 Å². The molecule has 0 aliphatic carbocycles. The molecule has 0 saturated carbocycles. The highest BCUT2D eigenvalue weighted by atomic mass is 16.5. The van der Waals surface area contributed by atoms with Crippen LogP contribution in [0.25, 0.3) is 0 Å². The van der Waals surface area contributed by atoms with Crippen LogP contribution in [0.2, 0.25) is 0 Å². The van der Waals surface area contributed by atoms with Crippen molar-refractivity contribution >= 4 is 17.8 Å². The number of carbonyl (C=O) groups excluding carboxylic acids is 2. The molecule has 0 aromatic carbocycles. The van der Waals surface area contributed by atoms with Crippen LogP contribution in [0.15, 0.2) is 23.1 Å². The smallest absolute Gasteiger partial charge is 0.317 e. The lowest BCUT2D eigenvalue weighted by Crippen LogP contribution is -2.51. The number of nitrogens with zero attached hydrogens (tertiary/aromatic N) is 6. The lowest BCUT2D eigenvalue weighted by atomic mass is 10.3. The van der Waals surface area contributed by atoms with Gasteiger partial charge in [-0.3, -0.25) is 9.78 Å². The van der Waals surface area contributed by atoms with Gasteiger partial charge < -0.3 is 25.0 Å². The average molecular weight is 346 g/mol. The van der Waals surface area contributed by atoms with Crippen molar-refractivity contribution in [2.45, 2.75) is 6.54 Å². The number of nitrogens with one attached hydrogen (secondary N) is 2. The summed E-state index contributed by atoms with van der Waals surface area (Å²) in [5, 5.41) is 8.64. The normalized spacial score (nSPS) is 14.3. The molecule has 3 amide bonds. The summed E-state index contributed by atoms with van der Waals surface area (Å²) in [6.07, 6.45) is 4.97. The highest BCUT2D eigenvalue weighted by Crippen LogP contribution is 2.11. The zero-order valence-corrected chi connectivity index (χ0v) is 13.7. The monoisotopic (exact) mass is 346 g/mol. The maximum Gasteiger partial charge on any atom is 0.317 e. The molecule has 2 aromatic rings. The molecule has 1 aliphatic heterocycles. The van der Waals surface area contributed by atoms with Crippen molar-refractivity contribution in [1.29, 1.82) is 0 Å². The van der Waals surface area contributed by atoms with E-state index in [4.69, 9.17) is 4.52 Å². The Labute approximate surface area is 143 Å². The van der Waals surface area contributed by atoms with Crippen LogP contribution in [0, 0.1) is 0 Å². The van der Waals surface area contributed by atoms with E-state index < -0.39 is 5.91 Å². The van der Waals surface area contributed by atoms with E-state index in [0.29, 0.717) is 26.2 Å². The SMILES string of the molecule is CNC(=O)c1noc(CNC(=O)N2CCN(c3cnccn3)CC2)n1. The number of rotatable bonds is 4. The molecule has 25 heavy (non-hydrogen) atoms. The third-order valence-corrected chi connectivity index (χ3v) is 3.73. The fraction of sp³-hybridized carbons (Fsp3) is 0.429. The number of amides is 3. The minimum absolute atomic E-state index is 0.0627. The topological polar surface area (TPSA) is 129 Å². The van der Waals surface area contributed by atoms with Gasteiger partial charge in [-0.1, -0.05) is 5.16 Å². The van der Waals surface area contributed by atoms with E-state index in [0.717, 1.165) is 5.82 Å². The largest absolute Gasteiger partial charge is 0.352 e. The fourth-order valence-corrected chi connectivity index (χ4v) is 2.39. The Bertz CT molecular complexity index is 727. The third kappa shape index (κ3) is 4.00. The zero-order chi connectivity index (χ0) is 17.6. The zero-order valence-electron chi connectivity index (χ0n) is 13.7. The minimum atomic E-state index is -0.443. The Kier molecular flexibility index (Phi) is 5.02. The molecule has 1 fully saturated rings. The van der Waals surface area contributed by atoms with Crippen LogP contribution >= 0.6 is 0 Å². The highest BCUT2D eigenvalue weighted by Gasteiger charge is 2.22. The fourth-order valence-electron chi connectivity index (χ4n) is 2.39. The van der Waals surface area contributed by atoms with Gasteiger partial charge in [-0.25, -0.2) is 9.78 Å². The number of carbonyl (C=O) groups is 2. The average Bonchev–Trinajstić information content (AvgIpc) is 3.15. The third-order valence-electron chi connectivity index (χ3n) is 3.73. The van der Waals surface area contributed by atoms with Crippen LogP contribution in [-0.4, -0.2) is 70.2 Å². The molecular formula is C14H18N8O3. The summed E-state index contributed by atoms with van der Waals surface area (Å²) in [6.45, 7) is 2.54. The van der Waals surface area contributed by atoms with Crippen molar-refractivity contribution in [2.24, 2.45) is 0 Å². The van der Waals surface area contributed by atoms with Crippen molar-refractivity contribution < 1.29 is 14.1 Å².